The minimum Gasteiger partial charge on any atom is -0.507 e. The van der Waals surface area contributed by atoms with E-state index in [2.05, 4.69) is 18.4 Å². The fourth-order valence-electron chi connectivity index (χ4n) is 5.12. The Kier molecular flexibility index (Phi) is 10.4. The van der Waals surface area contributed by atoms with E-state index in [4.69, 9.17) is 18.9 Å². The number of morpholine rings is 1. The monoisotopic (exact) mass is 564 g/mol. The number of unbranched alkanes of at least 4 members (excludes halogenated alkanes) is 1. The first-order valence-corrected chi connectivity index (χ1v) is 14.1. The number of ketones is 1. The van der Waals surface area contributed by atoms with Gasteiger partial charge in [0, 0.05) is 31.7 Å². The summed E-state index contributed by atoms with van der Waals surface area (Å²) in [6.45, 7) is 12.2. The summed E-state index contributed by atoms with van der Waals surface area (Å²) < 4.78 is 22.6. The predicted molar refractivity (Wildman–Crippen MR) is 157 cm³/mol. The van der Waals surface area contributed by atoms with E-state index in [1.165, 1.54) is 7.11 Å². The maximum absolute atomic E-state index is 13.5. The molecule has 0 saturated carbocycles. The lowest BCUT2D eigenvalue weighted by Gasteiger charge is -2.31. The molecule has 2 aliphatic heterocycles. The van der Waals surface area contributed by atoms with E-state index in [-0.39, 0.29) is 11.3 Å². The normalized spacial score (nSPS) is 18.9. The Bertz CT molecular complexity index is 1280. The number of hydrogen-bond donors (Lipinski definition) is 1. The van der Waals surface area contributed by atoms with Crippen molar-refractivity contribution in [2.45, 2.75) is 32.7 Å². The van der Waals surface area contributed by atoms with Crippen LogP contribution in [0.3, 0.4) is 0 Å². The number of hydrogen-bond acceptors (Lipinski definition) is 8. The Morgan fingerprint density at radius 1 is 1.10 bits per heavy atom. The van der Waals surface area contributed by atoms with Crippen LogP contribution in [0.25, 0.3) is 5.76 Å². The molecule has 0 spiro atoms. The Morgan fingerprint density at radius 3 is 2.56 bits per heavy atom. The van der Waals surface area contributed by atoms with E-state index in [0.717, 1.165) is 31.5 Å². The van der Waals surface area contributed by atoms with Crippen LogP contribution in [0, 0.1) is 6.92 Å². The molecule has 2 aromatic rings. The molecule has 0 aliphatic carbocycles. The number of rotatable bonds is 13. The van der Waals surface area contributed by atoms with Gasteiger partial charge >= 0.3 is 0 Å². The first-order chi connectivity index (χ1) is 19.9. The van der Waals surface area contributed by atoms with E-state index in [1.807, 2.05) is 13.0 Å². The van der Waals surface area contributed by atoms with Crippen LogP contribution in [0.4, 0.5) is 0 Å². The minimum absolute atomic E-state index is 0.0431. The molecule has 1 unspecified atom stereocenters. The SMILES string of the molecule is C=CCOc1ccc(C2/C(=C(\O)c3ccc(OCCCC)cc3C)C(=O)C(=O)N2CCN2CCOCC2)cc1OC. The largest absolute Gasteiger partial charge is 0.507 e. The maximum Gasteiger partial charge on any atom is 0.295 e. The molecule has 41 heavy (non-hydrogen) atoms. The summed E-state index contributed by atoms with van der Waals surface area (Å²) in [5, 5.41) is 11.6. The number of nitrogens with zero attached hydrogens (tertiary/aromatic N) is 2. The van der Waals surface area contributed by atoms with Gasteiger partial charge in [0.05, 0.1) is 38.5 Å². The summed E-state index contributed by atoms with van der Waals surface area (Å²) in [7, 11) is 1.53. The molecule has 220 valence electrons. The highest BCUT2D eigenvalue weighted by Gasteiger charge is 2.46. The van der Waals surface area contributed by atoms with Crippen LogP contribution >= 0.6 is 0 Å². The molecule has 0 radical (unpaired) electrons. The van der Waals surface area contributed by atoms with Crippen molar-refractivity contribution in [3.63, 3.8) is 0 Å². The Labute approximate surface area is 241 Å². The van der Waals surface area contributed by atoms with Crippen molar-refractivity contribution >= 4 is 17.4 Å². The molecule has 2 aliphatic rings. The second-order valence-electron chi connectivity index (χ2n) is 10.1. The first kappa shape index (κ1) is 30.1. The number of aliphatic hydroxyl groups is 1. The van der Waals surface area contributed by atoms with Crippen LogP contribution in [-0.2, 0) is 14.3 Å². The number of ether oxygens (including phenoxy) is 4. The van der Waals surface area contributed by atoms with Gasteiger partial charge in [-0.3, -0.25) is 14.5 Å². The minimum atomic E-state index is -0.807. The van der Waals surface area contributed by atoms with Crippen molar-refractivity contribution in [1.29, 1.82) is 0 Å². The summed E-state index contributed by atoms with van der Waals surface area (Å²) in [6, 6.07) is 9.83. The third-order valence-corrected chi connectivity index (χ3v) is 7.38. The van der Waals surface area contributed by atoms with Gasteiger partial charge in [-0.1, -0.05) is 32.1 Å². The molecule has 1 amide bonds. The number of carbonyl (C=O) groups is 2. The highest BCUT2D eigenvalue weighted by Crippen LogP contribution is 2.42. The van der Waals surface area contributed by atoms with Gasteiger partial charge in [-0.05, 0) is 54.8 Å². The van der Waals surface area contributed by atoms with Crippen LogP contribution in [-0.4, -0.2) is 86.3 Å². The summed E-state index contributed by atoms with van der Waals surface area (Å²) in [6.07, 6.45) is 3.60. The smallest absolute Gasteiger partial charge is 0.295 e. The average molecular weight is 565 g/mol. The average Bonchev–Trinajstić information content (AvgIpc) is 3.24. The molecule has 2 fully saturated rings. The fraction of sp³-hybridized carbons (Fsp3) is 0.438. The fourth-order valence-corrected chi connectivity index (χ4v) is 5.12. The molecule has 9 nitrogen and oxygen atoms in total. The molecule has 0 bridgehead atoms. The summed E-state index contributed by atoms with van der Waals surface area (Å²) in [4.78, 5) is 30.7. The van der Waals surface area contributed by atoms with Crippen molar-refractivity contribution in [2.75, 3.05) is 59.7 Å². The third kappa shape index (κ3) is 6.92. The van der Waals surface area contributed by atoms with Gasteiger partial charge in [0.15, 0.2) is 11.5 Å². The zero-order valence-corrected chi connectivity index (χ0v) is 24.2. The number of Topliss-reactive ketones (excluding diaryl/α,β-unsaturated/α-hetero) is 1. The van der Waals surface area contributed by atoms with Crippen LogP contribution < -0.4 is 14.2 Å². The molecule has 2 aromatic carbocycles. The maximum atomic E-state index is 13.5. The van der Waals surface area contributed by atoms with Gasteiger partial charge in [-0.25, -0.2) is 0 Å². The second kappa shape index (κ2) is 14.2. The molecule has 2 saturated heterocycles. The van der Waals surface area contributed by atoms with Gasteiger partial charge in [0.1, 0.15) is 18.1 Å². The summed E-state index contributed by atoms with van der Waals surface area (Å²) in [5.41, 5.74) is 1.89. The number of aliphatic hydroxyl groups excluding tert-OH is 1. The molecule has 1 N–H and O–H groups in total. The van der Waals surface area contributed by atoms with Gasteiger partial charge in [-0.2, -0.15) is 0 Å². The number of amides is 1. The number of methoxy groups -OCH3 is 1. The Balaban J connectivity index is 1.75. The predicted octanol–water partition coefficient (Wildman–Crippen LogP) is 4.50. The van der Waals surface area contributed by atoms with Gasteiger partial charge < -0.3 is 29.0 Å². The van der Waals surface area contributed by atoms with Crippen LogP contribution in [0.1, 0.15) is 42.5 Å². The molecule has 1 atom stereocenters. The lowest BCUT2D eigenvalue weighted by molar-refractivity contribution is -0.140. The van der Waals surface area contributed by atoms with Gasteiger partial charge in [-0.15, -0.1) is 0 Å². The zero-order valence-electron chi connectivity index (χ0n) is 24.2. The van der Waals surface area contributed by atoms with Gasteiger partial charge in [0.25, 0.3) is 11.7 Å². The standard InChI is InChI=1S/C32H40N2O7/c1-5-7-17-40-24-9-10-25(22(3)20-24)30(35)28-29(23-8-11-26(41-16-6-2)27(21-23)38-4)34(32(37)31(28)36)13-12-33-14-18-39-19-15-33/h6,8-11,20-21,29,35H,2,5,7,12-19H2,1,3-4H3/b30-28+. The van der Waals surface area contributed by atoms with Crippen molar-refractivity contribution in [2.24, 2.45) is 0 Å². The van der Waals surface area contributed by atoms with E-state index in [1.54, 1.807) is 41.3 Å². The zero-order chi connectivity index (χ0) is 29.4. The Hall–Kier alpha value is -3.82. The summed E-state index contributed by atoms with van der Waals surface area (Å²) in [5.74, 6) is 0.0699. The van der Waals surface area contributed by atoms with Crippen molar-refractivity contribution in [3.05, 3.63) is 71.3 Å². The number of aryl methyl sites for hydroxylation is 1. The van der Waals surface area contributed by atoms with Crippen LogP contribution in [0.2, 0.25) is 0 Å². The van der Waals surface area contributed by atoms with E-state index in [9.17, 15) is 14.7 Å². The summed E-state index contributed by atoms with van der Waals surface area (Å²) >= 11 is 0. The second-order valence-corrected chi connectivity index (χ2v) is 10.1. The van der Waals surface area contributed by atoms with E-state index < -0.39 is 17.7 Å². The molecule has 4 rings (SSSR count). The number of carbonyl (C=O) groups excluding carboxylic acids is 2. The highest BCUT2D eigenvalue weighted by atomic mass is 16.5. The van der Waals surface area contributed by atoms with Crippen molar-refractivity contribution in [3.8, 4) is 17.2 Å². The van der Waals surface area contributed by atoms with Crippen molar-refractivity contribution in [1.82, 2.24) is 9.80 Å². The van der Waals surface area contributed by atoms with Crippen LogP contribution in [0.5, 0.6) is 17.2 Å². The first-order valence-electron chi connectivity index (χ1n) is 14.1. The topological polar surface area (TPSA) is 97.8 Å². The molecule has 9 heteroatoms. The Morgan fingerprint density at radius 2 is 1.88 bits per heavy atom. The lowest BCUT2D eigenvalue weighted by atomic mass is 9.93. The number of likely N-dealkylation sites (tertiary alicyclic amines) is 1. The third-order valence-electron chi connectivity index (χ3n) is 7.38. The quantitative estimate of drug-likeness (QED) is 0.125. The number of benzene rings is 2. The lowest BCUT2D eigenvalue weighted by Crippen LogP contribution is -2.42. The van der Waals surface area contributed by atoms with Crippen molar-refractivity contribution < 1.29 is 33.6 Å². The molecular weight excluding hydrogens is 524 g/mol. The molecular formula is C32H40N2O7. The van der Waals surface area contributed by atoms with Gasteiger partial charge in [0.2, 0.25) is 0 Å². The molecule has 0 aromatic heterocycles. The van der Waals surface area contributed by atoms with Crippen LogP contribution in [0.15, 0.2) is 54.6 Å². The molecule has 2 heterocycles. The van der Waals surface area contributed by atoms with E-state index >= 15 is 0 Å². The highest BCUT2D eigenvalue weighted by molar-refractivity contribution is 6.46. The van der Waals surface area contributed by atoms with E-state index in [0.29, 0.717) is 67.9 Å².